The fourth-order valence-electron chi connectivity index (χ4n) is 1.58. The second kappa shape index (κ2) is 6.20. The number of nitrogens with zero attached hydrogens (tertiary/aromatic N) is 1. The van der Waals surface area contributed by atoms with Gasteiger partial charge in [0.15, 0.2) is 0 Å². The zero-order valence-corrected chi connectivity index (χ0v) is 14.3. The molecule has 0 fully saturated rings. The summed E-state index contributed by atoms with van der Waals surface area (Å²) in [6.45, 7) is 1.92. The van der Waals surface area contributed by atoms with Gasteiger partial charge in [-0.05, 0) is 49.6 Å². The average Bonchev–Trinajstić information content (AvgIpc) is 2.39. The molecule has 0 spiro atoms. The van der Waals surface area contributed by atoms with Gasteiger partial charge in [-0.3, -0.25) is 0 Å². The van der Waals surface area contributed by atoms with Gasteiger partial charge in [-0.25, -0.2) is 0 Å². The summed E-state index contributed by atoms with van der Waals surface area (Å²) in [5.74, 6) is 0. The summed E-state index contributed by atoms with van der Waals surface area (Å²) in [5, 5.41) is 0. The van der Waals surface area contributed by atoms with Crippen molar-refractivity contribution in [3.05, 3.63) is 58.6 Å². The normalized spacial score (nSPS) is 13.3. The van der Waals surface area contributed by atoms with Gasteiger partial charge in [0.25, 0.3) is 10.0 Å². The van der Waals surface area contributed by atoms with Crippen molar-refractivity contribution in [2.24, 2.45) is 3.77 Å². The van der Waals surface area contributed by atoms with Crippen molar-refractivity contribution < 1.29 is 8.42 Å². The molecule has 0 heterocycles. The minimum atomic E-state index is -3.61. The molecule has 2 aromatic rings. The highest BCUT2D eigenvalue weighted by molar-refractivity contribution is 9.10. The Labute approximate surface area is 130 Å². The predicted molar refractivity (Wildman–Crippen MR) is 86.5 cm³/mol. The van der Waals surface area contributed by atoms with E-state index in [1.165, 1.54) is 0 Å². The largest absolute Gasteiger partial charge is 0.288 e. The maximum atomic E-state index is 12.2. The first-order chi connectivity index (χ1) is 9.38. The van der Waals surface area contributed by atoms with Crippen LogP contribution in [-0.4, -0.2) is 14.7 Å². The minimum Gasteiger partial charge on any atom is -0.199 e. The summed E-state index contributed by atoms with van der Waals surface area (Å²) < 4.78 is 29.4. The van der Waals surface area contributed by atoms with Crippen molar-refractivity contribution >= 4 is 36.6 Å². The van der Waals surface area contributed by atoms with Gasteiger partial charge in [-0.1, -0.05) is 44.3 Å². The number of aryl methyl sites for hydroxylation is 1. The number of halogens is 1. The molecule has 2 aromatic carbocycles. The second-order valence-corrected chi connectivity index (χ2v) is 8.66. The molecule has 0 aliphatic rings. The van der Waals surface area contributed by atoms with E-state index >= 15 is 0 Å². The Balaban J connectivity index is 2.37. The second-order valence-electron chi connectivity index (χ2n) is 4.29. The fraction of sp³-hybridized carbons (Fsp3) is 0.143. The average molecular weight is 372 g/mol. The summed E-state index contributed by atoms with van der Waals surface area (Å²) >= 11 is 3.35. The number of benzene rings is 2. The Morgan fingerprint density at radius 1 is 1.00 bits per heavy atom. The Kier molecular flexibility index (Phi) is 4.78. The van der Waals surface area contributed by atoms with E-state index in [1.807, 2.05) is 31.2 Å². The molecule has 0 radical (unpaired) electrons. The van der Waals surface area contributed by atoms with Crippen molar-refractivity contribution in [2.45, 2.75) is 16.7 Å². The highest BCUT2D eigenvalue weighted by Crippen LogP contribution is 2.18. The number of rotatable bonds is 3. The van der Waals surface area contributed by atoms with Gasteiger partial charge in [0, 0.05) is 9.37 Å². The molecular formula is C14H14BrNO2S2. The highest BCUT2D eigenvalue weighted by Gasteiger charge is 2.13. The Bertz CT molecular complexity index is 736. The lowest BCUT2D eigenvalue weighted by Gasteiger charge is -2.04. The topological polar surface area (TPSA) is 46.5 Å². The van der Waals surface area contributed by atoms with Crippen LogP contribution in [0.2, 0.25) is 0 Å². The lowest BCUT2D eigenvalue weighted by molar-refractivity contribution is 0.598. The lowest BCUT2D eigenvalue weighted by atomic mass is 10.2. The van der Waals surface area contributed by atoms with Gasteiger partial charge in [-0.15, -0.1) is 3.77 Å². The van der Waals surface area contributed by atoms with E-state index < -0.39 is 20.7 Å². The number of hydrogen-bond donors (Lipinski definition) is 0. The SMILES string of the molecule is Cc1ccc(S(=O)(=O)/N=[S@@](/C)c2ccc(Br)cc2)cc1. The van der Waals surface area contributed by atoms with Crippen LogP contribution in [0.1, 0.15) is 5.56 Å². The highest BCUT2D eigenvalue weighted by atomic mass is 79.9. The fourth-order valence-corrected chi connectivity index (χ4v) is 4.72. The summed E-state index contributed by atoms with van der Waals surface area (Å²) in [6.07, 6.45) is 1.80. The van der Waals surface area contributed by atoms with Gasteiger partial charge in [0.2, 0.25) is 0 Å². The molecule has 6 heteroatoms. The van der Waals surface area contributed by atoms with E-state index in [-0.39, 0.29) is 4.90 Å². The summed E-state index contributed by atoms with van der Waals surface area (Å²) in [5.41, 5.74) is 1.02. The van der Waals surface area contributed by atoms with Gasteiger partial charge < -0.3 is 0 Å². The number of hydrogen-bond acceptors (Lipinski definition) is 2. The molecule has 0 aliphatic carbocycles. The van der Waals surface area contributed by atoms with Crippen molar-refractivity contribution in [1.82, 2.24) is 0 Å². The molecule has 1 atom stereocenters. The van der Waals surface area contributed by atoms with E-state index in [0.29, 0.717) is 0 Å². The van der Waals surface area contributed by atoms with Gasteiger partial charge >= 0.3 is 0 Å². The van der Waals surface area contributed by atoms with E-state index in [4.69, 9.17) is 0 Å². The van der Waals surface area contributed by atoms with Crippen LogP contribution >= 0.6 is 15.9 Å². The molecule has 0 aliphatic heterocycles. The van der Waals surface area contributed by atoms with Gasteiger partial charge in [-0.2, -0.15) is 8.42 Å². The van der Waals surface area contributed by atoms with Gasteiger partial charge in [0.1, 0.15) is 0 Å². The summed E-state index contributed by atoms with van der Waals surface area (Å²) in [7, 11) is -4.31. The van der Waals surface area contributed by atoms with E-state index in [2.05, 4.69) is 19.7 Å². The number of sulfonamides is 1. The van der Waals surface area contributed by atoms with Crippen LogP contribution in [0, 0.1) is 6.92 Å². The molecule has 0 bridgehead atoms. The molecule has 0 saturated heterocycles. The lowest BCUT2D eigenvalue weighted by Crippen LogP contribution is -2.00. The van der Waals surface area contributed by atoms with Crippen LogP contribution in [0.5, 0.6) is 0 Å². The first-order valence-corrected chi connectivity index (χ1v) is 9.67. The molecule has 20 heavy (non-hydrogen) atoms. The van der Waals surface area contributed by atoms with Crippen molar-refractivity contribution in [2.75, 3.05) is 6.26 Å². The third-order valence-electron chi connectivity index (χ3n) is 2.68. The molecule has 3 nitrogen and oxygen atoms in total. The van der Waals surface area contributed by atoms with E-state index in [1.54, 1.807) is 30.5 Å². The summed E-state index contributed by atoms with van der Waals surface area (Å²) in [6, 6.07) is 14.2. The predicted octanol–water partition coefficient (Wildman–Crippen LogP) is 3.94. The van der Waals surface area contributed by atoms with Crippen molar-refractivity contribution in [1.29, 1.82) is 0 Å². The van der Waals surface area contributed by atoms with Crippen LogP contribution in [0.3, 0.4) is 0 Å². The molecule has 0 amide bonds. The Morgan fingerprint density at radius 2 is 1.55 bits per heavy atom. The van der Waals surface area contributed by atoms with Crippen LogP contribution in [0.15, 0.2) is 66.6 Å². The van der Waals surface area contributed by atoms with Crippen LogP contribution in [0.25, 0.3) is 0 Å². The molecule has 0 N–H and O–H groups in total. The zero-order chi connectivity index (χ0) is 14.8. The maximum Gasteiger partial charge on any atom is 0.288 e. The Hall–Kier alpha value is -0.980. The van der Waals surface area contributed by atoms with Crippen LogP contribution in [0.4, 0.5) is 0 Å². The minimum absolute atomic E-state index is 0.236. The van der Waals surface area contributed by atoms with E-state index in [9.17, 15) is 8.42 Å². The van der Waals surface area contributed by atoms with Crippen molar-refractivity contribution in [3.8, 4) is 0 Å². The standard InChI is InChI=1S/C14H14BrNO2S2/c1-11-3-9-14(10-4-11)20(17,18)16-19(2)13-7-5-12(15)6-8-13/h3-10H,1-2H3/t19-/m0/s1. The van der Waals surface area contributed by atoms with Crippen molar-refractivity contribution in [3.63, 3.8) is 0 Å². The molecular weight excluding hydrogens is 358 g/mol. The first-order valence-electron chi connectivity index (χ1n) is 5.85. The smallest absolute Gasteiger partial charge is 0.199 e. The molecule has 2 rings (SSSR count). The molecule has 0 unspecified atom stereocenters. The van der Waals surface area contributed by atoms with Gasteiger partial charge in [0.05, 0.1) is 4.90 Å². The first kappa shape index (κ1) is 15.4. The van der Waals surface area contributed by atoms with E-state index in [0.717, 1.165) is 14.9 Å². The summed E-state index contributed by atoms with van der Waals surface area (Å²) in [4.78, 5) is 1.13. The third-order valence-corrected chi connectivity index (χ3v) is 6.71. The monoisotopic (exact) mass is 371 g/mol. The quantitative estimate of drug-likeness (QED) is 0.820. The third kappa shape index (κ3) is 3.77. The van der Waals surface area contributed by atoms with Crippen LogP contribution < -0.4 is 0 Å². The molecule has 0 aromatic heterocycles. The maximum absolute atomic E-state index is 12.2. The zero-order valence-electron chi connectivity index (χ0n) is 11.1. The van der Waals surface area contributed by atoms with Crippen LogP contribution in [-0.2, 0) is 20.7 Å². The molecule has 0 saturated carbocycles. The molecule has 106 valence electrons. The Morgan fingerprint density at radius 3 is 2.10 bits per heavy atom.